The molecule has 16 heavy (non-hydrogen) atoms. The van der Waals surface area contributed by atoms with Gasteiger partial charge in [-0.3, -0.25) is 0 Å². The Morgan fingerprint density at radius 2 is 2.12 bits per heavy atom. The molecule has 0 spiro atoms. The van der Waals surface area contributed by atoms with E-state index in [9.17, 15) is 0 Å². The largest absolute Gasteiger partial charge is 0.363 e. The van der Waals surface area contributed by atoms with Crippen LogP contribution in [-0.4, -0.2) is 17.1 Å². The first kappa shape index (κ1) is 12.5. The highest BCUT2D eigenvalue weighted by molar-refractivity contribution is 5.41. The van der Waals surface area contributed by atoms with Gasteiger partial charge in [0.15, 0.2) is 0 Å². The number of nitriles is 1. The molecule has 1 heterocycles. The van der Waals surface area contributed by atoms with Gasteiger partial charge in [0.05, 0.1) is 11.1 Å². The fourth-order valence-electron chi connectivity index (χ4n) is 1.57. The summed E-state index contributed by atoms with van der Waals surface area (Å²) in [6, 6.07) is 5.61. The first-order chi connectivity index (χ1) is 7.69. The predicted octanol–water partition coefficient (Wildman–Crippen LogP) is 1.88. The van der Waals surface area contributed by atoms with E-state index >= 15 is 0 Å². The Morgan fingerprint density at radius 3 is 2.50 bits per heavy atom. The summed E-state index contributed by atoms with van der Waals surface area (Å²) < 4.78 is 0. The van der Waals surface area contributed by atoms with E-state index in [1.54, 1.807) is 12.3 Å². The number of aromatic nitrogens is 1. The summed E-state index contributed by atoms with van der Waals surface area (Å²) in [5.41, 5.74) is 6.26. The van der Waals surface area contributed by atoms with E-state index in [4.69, 9.17) is 11.0 Å². The van der Waals surface area contributed by atoms with Crippen molar-refractivity contribution in [3.63, 3.8) is 0 Å². The van der Waals surface area contributed by atoms with Crippen LogP contribution in [0.15, 0.2) is 18.3 Å². The number of nitrogens with zero attached hydrogens (tertiary/aromatic N) is 2. The minimum absolute atomic E-state index is 0.0961. The SMILES string of the molecule is CCC(CC)(CN)Nc1ccc(C#N)cn1. The maximum atomic E-state index is 8.67. The summed E-state index contributed by atoms with van der Waals surface area (Å²) >= 11 is 0. The first-order valence-electron chi connectivity index (χ1n) is 5.54. The van der Waals surface area contributed by atoms with Gasteiger partial charge >= 0.3 is 0 Å². The Kier molecular flexibility index (Phi) is 4.27. The van der Waals surface area contributed by atoms with Crippen LogP contribution in [0.3, 0.4) is 0 Å². The minimum Gasteiger partial charge on any atom is -0.363 e. The van der Waals surface area contributed by atoms with E-state index in [-0.39, 0.29) is 5.54 Å². The molecule has 86 valence electrons. The normalized spacial score (nSPS) is 10.9. The van der Waals surface area contributed by atoms with Crippen molar-refractivity contribution in [1.82, 2.24) is 4.98 Å². The fourth-order valence-corrected chi connectivity index (χ4v) is 1.57. The quantitative estimate of drug-likeness (QED) is 0.791. The Hall–Kier alpha value is -1.60. The Labute approximate surface area is 96.5 Å². The lowest BCUT2D eigenvalue weighted by molar-refractivity contribution is 0.444. The van der Waals surface area contributed by atoms with Crippen molar-refractivity contribution in [3.8, 4) is 6.07 Å². The molecule has 0 atom stereocenters. The number of hydrogen-bond donors (Lipinski definition) is 2. The molecule has 1 rings (SSSR count). The molecule has 0 fully saturated rings. The van der Waals surface area contributed by atoms with Crippen LogP contribution in [0.4, 0.5) is 5.82 Å². The molecule has 0 aliphatic rings. The third-order valence-corrected chi connectivity index (χ3v) is 3.03. The highest BCUT2D eigenvalue weighted by atomic mass is 15.1. The lowest BCUT2D eigenvalue weighted by Crippen LogP contribution is -2.44. The van der Waals surface area contributed by atoms with Crippen molar-refractivity contribution in [2.75, 3.05) is 11.9 Å². The maximum Gasteiger partial charge on any atom is 0.126 e. The van der Waals surface area contributed by atoms with Gasteiger partial charge in [0.25, 0.3) is 0 Å². The molecule has 0 aliphatic carbocycles. The van der Waals surface area contributed by atoms with Gasteiger partial charge in [-0.15, -0.1) is 0 Å². The Bertz CT molecular complexity index is 351. The number of nitrogens with one attached hydrogen (secondary N) is 1. The van der Waals surface area contributed by atoms with Crippen molar-refractivity contribution < 1.29 is 0 Å². The third-order valence-electron chi connectivity index (χ3n) is 3.03. The summed E-state index contributed by atoms with van der Waals surface area (Å²) in [4.78, 5) is 4.19. The molecule has 0 radical (unpaired) electrons. The molecule has 4 nitrogen and oxygen atoms in total. The fraction of sp³-hybridized carbons (Fsp3) is 0.500. The van der Waals surface area contributed by atoms with Crippen molar-refractivity contribution in [3.05, 3.63) is 23.9 Å². The zero-order valence-electron chi connectivity index (χ0n) is 9.83. The van der Waals surface area contributed by atoms with Crippen LogP contribution in [0.25, 0.3) is 0 Å². The highest BCUT2D eigenvalue weighted by Gasteiger charge is 2.24. The number of nitrogens with two attached hydrogens (primary N) is 1. The van der Waals surface area contributed by atoms with Crippen LogP contribution in [0.1, 0.15) is 32.3 Å². The van der Waals surface area contributed by atoms with E-state index in [0.717, 1.165) is 18.7 Å². The van der Waals surface area contributed by atoms with Crippen LogP contribution in [0.2, 0.25) is 0 Å². The van der Waals surface area contributed by atoms with E-state index < -0.39 is 0 Å². The summed E-state index contributed by atoms with van der Waals surface area (Å²) in [7, 11) is 0. The van der Waals surface area contributed by atoms with E-state index in [1.807, 2.05) is 12.1 Å². The molecule has 3 N–H and O–H groups in total. The molecule has 0 aliphatic heterocycles. The molecular weight excluding hydrogens is 200 g/mol. The van der Waals surface area contributed by atoms with Crippen molar-refractivity contribution >= 4 is 5.82 Å². The van der Waals surface area contributed by atoms with E-state index in [2.05, 4.69) is 24.1 Å². The van der Waals surface area contributed by atoms with Gasteiger partial charge in [0.1, 0.15) is 11.9 Å². The van der Waals surface area contributed by atoms with Gasteiger partial charge in [-0.2, -0.15) is 5.26 Å². The van der Waals surface area contributed by atoms with Gasteiger partial charge in [-0.25, -0.2) is 4.98 Å². The molecule has 1 aromatic heterocycles. The second-order valence-electron chi connectivity index (χ2n) is 3.86. The number of rotatable bonds is 5. The van der Waals surface area contributed by atoms with Gasteiger partial charge in [-0.05, 0) is 25.0 Å². The van der Waals surface area contributed by atoms with Crippen molar-refractivity contribution in [2.24, 2.45) is 5.73 Å². The zero-order chi connectivity index (χ0) is 12.0. The second kappa shape index (κ2) is 5.47. The van der Waals surface area contributed by atoms with Crippen LogP contribution < -0.4 is 11.1 Å². The summed E-state index contributed by atoms with van der Waals surface area (Å²) in [5, 5.41) is 12.0. The molecule has 0 saturated carbocycles. The van der Waals surface area contributed by atoms with Crippen molar-refractivity contribution in [1.29, 1.82) is 5.26 Å². The molecule has 0 amide bonds. The standard InChI is InChI=1S/C12H18N4/c1-3-12(4-2,9-14)16-11-6-5-10(7-13)8-15-11/h5-6,8H,3-4,9,14H2,1-2H3,(H,15,16). The average Bonchev–Trinajstić information content (AvgIpc) is 2.37. The molecule has 0 aromatic carbocycles. The summed E-state index contributed by atoms with van der Waals surface area (Å²) in [6.45, 7) is 4.78. The second-order valence-corrected chi connectivity index (χ2v) is 3.86. The molecule has 4 heteroatoms. The summed E-state index contributed by atoms with van der Waals surface area (Å²) in [5.74, 6) is 0.771. The van der Waals surface area contributed by atoms with Crippen molar-refractivity contribution in [2.45, 2.75) is 32.2 Å². The minimum atomic E-state index is -0.0961. The zero-order valence-corrected chi connectivity index (χ0v) is 9.83. The van der Waals surface area contributed by atoms with Crippen LogP contribution in [-0.2, 0) is 0 Å². The highest BCUT2D eigenvalue weighted by Crippen LogP contribution is 2.19. The lowest BCUT2D eigenvalue weighted by atomic mass is 9.93. The maximum absolute atomic E-state index is 8.67. The average molecular weight is 218 g/mol. The van der Waals surface area contributed by atoms with Gasteiger partial charge in [-0.1, -0.05) is 13.8 Å². The van der Waals surface area contributed by atoms with E-state index in [0.29, 0.717) is 12.1 Å². The Balaban J connectivity index is 2.82. The van der Waals surface area contributed by atoms with Gasteiger partial charge in [0, 0.05) is 12.7 Å². The molecule has 0 saturated heterocycles. The number of hydrogen-bond acceptors (Lipinski definition) is 4. The molecule has 0 bridgehead atoms. The Morgan fingerprint density at radius 1 is 1.44 bits per heavy atom. The monoisotopic (exact) mass is 218 g/mol. The number of pyridine rings is 1. The van der Waals surface area contributed by atoms with Gasteiger partial charge in [0.2, 0.25) is 0 Å². The van der Waals surface area contributed by atoms with Crippen LogP contribution in [0.5, 0.6) is 0 Å². The molecule has 1 aromatic rings. The first-order valence-corrected chi connectivity index (χ1v) is 5.54. The van der Waals surface area contributed by atoms with Gasteiger partial charge < -0.3 is 11.1 Å². The molecular formula is C12H18N4. The lowest BCUT2D eigenvalue weighted by Gasteiger charge is -2.32. The molecule has 0 unspecified atom stereocenters. The summed E-state index contributed by atoms with van der Waals surface area (Å²) in [6.07, 6.45) is 3.46. The number of anilines is 1. The topological polar surface area (TPSA) is 74.7 Å². The van der Waals surface area contributed by atoms with E-state index in [1.165, 1.54) is 0 Å². The third kappa shape index (κ3) is 2.71. The van der Waals surface area contributed by atoms with Crippen LogP contribution in [0, 0.1) is 11.3 Å². The smallest absolute Gasteiger partial charge is 0.126 e. The predicted molar refractivity (Wildman–Crippen MR) is 64.9 cm³/mol. The van der Waals surface area contributed by atoms with Crippen LogP contribution >= 0.6 is 0 Å².